The fraction of sp³-hybridized carbons (Fsp3) is 0.800. The molecule has 0 spiro atoms. The third-order valence-electron chi connectivity index (χ3n) is 4.02. The molecule has 0 aromatic carbocycles. The van der Waals surface area contributed by atoms with Crippen LogP contribution in [-0.2, 0) is 0 Å². The third-order valence-corrected chi connectivity index (χ3v) is 4.02. The summed E-state index contributed by atoms with van der Waals surface area (Å²) in [6.07, 6.45) is 9.17. The van der Waals surface area contributed by atoms with Gasteiger partial charge in [0.2, 0.25) is 0 Å². The van der Waals surface area contributed by atoms with Crippen LogP contribution in [0.5, 0.6) is 0 Å². The highest BCUT2D eigenvalue weighted by molar-refractivity contribution is 5.64. The molecule has 0 aliphatic heterocycles. The Hall–Kier alpha value is -1.03. The lowest BCUT2D eigenvalue weighted by molar-refractivity contribution is 0.122. The summed E-state index contributed by atoms with van der Waals surface area (Å²) >= 11 is 0. The van der Waals surface area contributed by atoms with Crippen molar-refractivity contribution in [1.82, 2.24) is 9.80 Å². The molecule has 0 heterocycles. The lowest BCUT2D eigenvalue weighted by atomic mass is 9.85. The van der Waals surface area contributed by atoms with E-state index in [0.29, 0.717) is 5.92 Å². The maximum absolute atomic E-state index is 10.9. The van der Waals surface area contributed by atoms with Crippen LogP contribution in [0.15, 0.2) is 12.2 Å². The lowest BCUT2D eigenvalue weighted by Gasteiger charge is -2.32. The highest BCUT2D eigenvalue weighted by Gasteiger charge is 2.24. The molecule has 1 saturated carbocycles. The average Bonchev–Trinajstić information content (AvgIpc) is 2.39. The lowest BCUT2D eigenvalue weighted by Crippen LogP contribution is -2.38. The van der Waals surface area contributed by atoms with Gasteiger partial charge < -0.3 is 14.9 Å². The first-order chi connectivity index (χ1) is 9.04. The molecule has 0 radical (unpaired) electrons. The number of nitrogens with zero attached hydrogens (tertiary/aromatic N) is 2. The molecule has 1 aliphatic rings. The molecule has 1 aliphatic carbocycles. The molecule has 110 valence electrons. The molecule has 4 heteroatoms. The van der Waals surface area contributed by atoms with Gasteiger partial charge in [-0.15, -0.1) is 0 Å². The van der Waals surface area contributed by atoms with Crippen LogP contribution >= 0.6 is 0 Å². The molecule has 0 aromatic heterocycles. The van der Waals surface area contributed by atoms with E-state index in [-0.39, 0.29) is 6.04 Å². The molecule has 4 nitrogen and oxygen atoms in total. The number of amides is 1. The van der Waals surface area contributed by atoms with Crippen molar-refractivity contribution < 1.29 is 9.90 Å². The van der Waals surface area contributed by atoms with Gasteiger partial charge in [0.15, 0.2) is 0 Å². The van der Waals surface area contributed by atoms with E-state index in [1.54, 1.807) is 7.05 Å². The number of likely N-dealkylation sites (N-methyl/N-ethyl adjacent to an activating group) is 1. The van der Waals surface area contributed by atoms with Gasteiger partial charge in [-0.2, -0.15) is 0 Å². The van der Waals surface area contributed by atoms with Gasteiger partial charge in [0.25, 0.3) is 0 Å². The molecule has 19 heavy (non-hydrogen) atoms. The number of carbonyl (C=O) groups is 1. The third kappa shape index (κ3) is 5.64. The van der Waals surface area contributed by atoms with E-state index in [1.165, 1.54) is 11.3 Å². The normalized spacial score (nSPS) is 24.0. The van der Waals surface area contributed by atoms with Gasteiger partial charge in [0, 0.05) is 19.6 Å². The first-order valence-electron chi connectivity index (χ1n) is 7.35. The van der Waals surface area contributed by atoms with Gasteiger partial charge in [-0.25, -0.2) is 4.79 Å². The van der Waals surface area contributed by atoms with E-state index in [9.17, 15) is 4.79 Å². The fourth-order valence-corrected chi connectivity index (χ4v) is 2.74. The van der Waals surface area contributed by atoms with Crippen LogP contribution in [0, 0.1) is 5.92 Å². The summed E-state index contributed by atoms with van der Waals surface area (Å²) in [6, 6.07) is 0.213. The van der Waals surface area contributed by atoms with Crippen molar-refractivity contribution in [3.63, 3.8) is 0 Å². The van der Waals surface area contributed by atoms with Crippen LogP contribution in [0.2, 0.25) is 0 Å². The predicted octanol–water partition coefficient (Wildman–Crippen LogP) is 3.05. The topological polar surface area (TPSA) is 43.8 Å². The molecule has 1 amide bonds. The van der Waals surface area contributed by atoms with Crippen molar-refractivity contribution >= 4 is 6.09 Å². The summed E-state index contributed by atoms with van der Waals surface area (Å²) in [7, 11) is 3.83. The standard InChI is InChI=1S/C15H28N2O2/c1-4-11-16(2)12-5-6-13-7-9-14(10-8-13)17(3)15(18)19/h5-6,13-14H,4,7-12H2,1-3H3,(H,18,19)/b6-5+. The molecule has 1 fully saturated rings. The Morgan fingerprint density at radius 2 is 1.89 bits per heavy atom. The number of hydrogen-bond donors (Lipinski definition) is 1. The summed E-state index contributed by atoms with van der Waals surface area (Å²) in [4.78, 5) is 14.7. The van der Waals surface area contributed by atoms with Crippen LogP contribution in [0.3, 0.4) is 0 Å². The second-order valence-corrected chi connectivity index (χ2v) is 5.65. The minimum Gasteiger partial charge on any atom is -0.465 e. The average molecular weight is 268 g/mol. The van der Waals surface area contributed by atoms with E-state index >= 15 is 0 Å². The van der Waals surface area contributed by atoms with Crippen LogP contribution in [-0.4, -0.2) is 54.2 Å². The largest absolute Gasteiger partial charge is 0.465 e. The van der Waals surface area contributed by atoms with Gasteiger partial charge >= 0.3 is 6.09 Å². The highest BCUT2D eigenvalue weighted by atomic mass is 16.4. The summed E-state index contributed by atoms with van der Waals surface area (Å²) in [5, 5.41) is 8.96. The minimum atomic E-state index is -0.805. The number of allylic oxidation sites excluding steroid dienone is 1. The number of carboxylic acid groups (broad SMARTS) is 1. The molecule has 0 unspecified atom stereocenters. The molecule has 0 saturated heterocycles. The van der Waals surface area contributed by atoms with E-state index < -0.39 is 6.09 Å². The molecule has 1 N–H and O–H groups in total. The van der Waals surface area contributed by atoms with Crippen LogP contribution in [0.25, 0.3) is 0 Å². The van der Waals surface area contributed by atoms with Crippen molar-refractivity contribution in [2.24, 2.45) is 5.92 Å². The first-order valence-corrected chi connectivity index (χ1v) is 7.35. The SMILES string of the molecule is CCCN(C)C/C=C/C1CCC(N(C)C(=O)O)CC1. The van der Waals surface area contributed by atoms with E-state index in [2.05, 4.69) is 31.0 Å². The zero-order valence-electron chi connectivity index (χ0n) is 12.5. The summed E-state index contributed by atoms with van der Waals surface area (Å²) in [5.41, 5.74) is 0. The summed E-state index contributed by atoms with van der Waals surface area (Å²) in [5.74, 6) is 0.633. The van der Waals surface area contributed by atoms with E-state index in [1.807, 2.05) is 0 Å². The van der Waals surface area contributed by atoms with Gasteiger partial charge in [0.1, 0.15) is 0 Å². The molecule has 0 bridgehead atoms. The maximum atomic E-state index is 10.9. The quantitative estimate of drug-likeness (QED) is 0.753. The van der Waals surface area contributed by atoms with Gasteiger partial charge in [-0.1, -0.05) is 19.1 Å². The van der Waals surface area contributed by atoms with Crippen molar-refractivity contribution in [2.75, 3.05) is 27.2 Å². The molecular weight excluding hydrogens is 240 g/mol. The van der Waals surface area contributed by atoms with Gasteiger partial charge in [0.05, 0.1) is 0 Å². The Morgan fingerprint density at radius 3 is 2.42 bits per heavy atom. The molecule has 1 rings (SSSR count). The first kappa shape index (κ1) is 16.0. The van der Waals surface area contributed by atoms with Gasteiger partial charge in [-0.3, -0.25) is 0 Å². The zero-order valence-corrected chi connectivity index (χ0v) is 12.5. The van der Waals surface area contributed by atoms with Crippen LogP contribution in [0.1, 0.15) is 39.0 Å². The van der Waals surface area contributed by atoms with E-state index in [4.69, 9.17) is 5.11 Å². The fourth-order valence-electron chi connectivity index (χ4n) is 2.74. The van der Waals surface area contributed by atoms with E-state index in [0.717, 1.165) is 38.8 Å². The highest BCUT2D eigenvalue weighted by Crippen LogP contribution is 2.27. The van der Waals surface area contributed by atoms with Crippen LogP contribution < -0.4 is 0 Å². The summed E-state index contributed by atoms with van der Waals surface area (Å²) in [6.45, 7) is 4.35. The van der Waals surface area contributed by atoms with Crippen molar-refractivity contribution in [1.29, 1.82) is 0 Å². The van der Waals surface area contributed by atoms with Crippen molar-refractivity contribution in [3.8, 4) is 0 Å². The zero-order chi connectivity index (χ0) is 14.3. The Morgan fingerprint density at radius 1 is 1.26 bits per heavy atom. The maximum Gasteiger partial charge on any atom is 0.407 e. The second kappa shape index (κ2) is 8.20. The Labute approximate surface area is 117 Å². The minimum absolute atomic E-state index is 0.213. The second-order valence-electron chi connectivity index (χ2n) is 5.65. The molecular formula is C15H28N2O2. The Bertz CT molecular complexity index is 297. The molecule has 0 atom stereocenters. The van der Waals surface area contributed by atoms with Crippen molar-refractivity contribution in [3.05, 3.63) is 12.2 Å². The summed E-state index contributed by atoms with van der Waals surface area (Å²) < 4.78 is 0. The predicted molar refractivity (Wildman–Crippen MR) is 78.5 cm³/mol. The van der Waals surface area contributed by atoms with Crippen LogP contribution in [0.4, 0.5) is 4.79 Å². The Balaban J connectivity index is 2.26. The van der Waals surface area contributed by atoms with Crippen molar-refractivity contribution in [2.45, 2.75) is 45.1 Å². The Kier molecular flexibility index (Phi) is 6.92. The van der Waals surface area contributed by atoms with Gasteiger partial charge in [-0.05, 0) is 51.6 Å². The molecule has 0 aromatic rings. The number of hydrogen-bond acceptors (Lipinski definition) is 2. The number of rotatable bonds is 6. The monoisotopic (exact) mass is 268 g/mol. The smallest absolute Gasteiger partial charge is 0.407 e.